The van der Waals surface area contributed by atoms with Crippen LogP contribution in [-0.4, -0.2) is 53.2 Å². The SMILES string of the molecule is O=C(NC1(C(=O)N2CC3C(C2)C3C(=O)O)CC1)OCC1c2ccccc2-c2ccccc21. The zero-order valence-electron chi connectivity index (χ0n) is 17.5. The summed E-state index contributed by atoms with van der Waals surface area (Å²) in [6.45, 7) is 1.14. The maximum Gasteiger partial charge on any atom is 0.408 e. The van der Waals surface area contributed by atoms with Crippen LogP contribution < -0.4 is 5.32 Å². The highest BCUT2D eigenvalue weighted by atomic mass is 16.5. The lowest BCUT2D eigenvalue weighted by Crippen LogP contribution is -2.51. The predicted octanol–water partition coefficient (Wildman–Crippen LogP) is 2.85. The number of piperidine rings is 1. The average molecular weight is 432 g/mol. The van der Waals surface area contributed by atoms with E-state index in [1.54, 1.807) is 4.90 Å². The fraction of sp³-hybridized carbons (Fsp3) is 0.400. The Kier molecular flexibility index (Phi) is 4.12. The molecule has 6 rings (SSSR count). The quantitative estimate of drug-likeness (QED) is 0.758. The van der Waals surface area contributed by atoms with Crippen molar-refractivity contribution in [1.82, 2.24) is 10.2 Å². The highest BCUT2D eigenvalue weighted by Gasteiger charge is 2.63. The van der Waals surface area contributed by atoms with Crippen molar-refractivity contribution in [2.75, 3.05) is 19.7 Å². The molecule has 2 amide bonds. The molecule has 2 saturated carbocycles. The smallest absolute Gasteiger partial charge is 0.408 e. The van der Waals surface area contributed by atoms with E-state index in [4.69, 9.17) is 9.84 Å². The van der Waals surface area contributed by atoms with Crippen molar-refractivity contribution in [1.29, 1.82) is 0 Å². The van der Waals surface area contributed by atoms with Crippen LogP contribution in [0, 0.1) is 17.8 Å². The third kappa shape index (κ3) is 2.91. The first-order valence-corrected chi connectivity index (χ1v) is 11.1. The van der Waals surface area contributed by atoms with Crippen molar-refractivity contribution in [3.05, 3.63) is 59.7 Å². The van der Waals surface area contributed by atoms with Gasteiger partial charge in [-0.1, -0.05) is 48.5 Å². The third-order valence-electron chi connectivity index (χ3n) is 7.61. The van der Waals surface area contributed by atoms with Crippen LogP contribution in [-0.2, 0) is 14.3 Å². The Morgan fingerprint density at radius 3 is 2.06 bits per heavy atom. The molecule has 2 aromatic carbocycles. The van der Waals surface area contributed by atoms with Crippen LogP contribution in [0.15, 0.2) is 48.5 Å². The monoisotopic (exact) mass is 432 g/mol. The molecule has 2 aromatic rings. The number of nitrogens with one attached hydrogen (secondary N) is 1. The van der Waals surface area contributed by atoms with Crippen LogP contribution in [0.5, 0.6) is 0 Å². The van der Waals surface area contributed by atoms with Gasteiger partial charge in [-0.15, -0.1) is 0 Å². The van der Waals surface area contributed by atoms with Gasteiger partial charge in [0.2, 0.25) is 5.91 Å². The lowest BCUT2D eigenvalue weighted by Gasteiger charge is -2.25. The number of carbonyl (C=O) groups excluding carboxylic acids is 2. The summed E-state index contributed by atoms with van der Waals surface area (Å²) in [6, 6.07) is 16.3. The summed E-state index contributed by atoms with van der Waals surface area (Å²) in [5, 5.41) is 12.0. The van der Waals surface area contributed by atoms with Crippen LogP contribution >= 0.6 is 0 Å². The van der Waals surface area contributed by atoms with Crippen molar-refractivity contribution in [2.24, 2.45) is 17.8 Å². The first kappa shape index (κ1) is 19.3. The van der Waals surface area contributed by atoms with E-state index in [2.05, 4.69) is 29.6 Å². The first-order valence-electron chi connectivity index (χ1n) is 11.1. The summed E-state index contributed by atoms with van der Waals surface area (Å²) >= 11 is 0. The van der Waals surface area contributed by atoms with Crippen molar-refractivity contribution in [3.8, 4) is 11.1 Å². The number of hydrogen-bond donors (Lipinski definition) is 2. The number of carboxylic acid groups (broad SMARTS) is 1. The van der Waals surface area contributed by atoms with Gasteiger partial charge in [-0.3, -0.25) is 9.59 Å². The van der Waals surface area contributed by atoms with Gasteiger partial charge < -0.3 is 20.1 Å². The number of aliphatic carboxylic acids is 1. The van der Waals surface area contributed by atoms with Gasteiger partial charge in [0.05, 0.1) is 5.92 Å². The number of nitrogens with zero attached hydrogens (tertiary/aromatic N) is 1. The highest BCUT2D eigenvalue weighted by molar-refractivity contribution is 5.93. The fourth-order valence-corrected chi connectivity index (χ4v) is 5.71. The average Bonchev–Trinajstić information content (AvgIpc) is 3.64. The minimum Gasteiger partial charge on any atom is -0.481 e. The topological polar surface area (TPSA) is 95.9 Å². The number of likely N-dealkylation sites (tertiary alicyclic amines) is 1. The number of carbonyl (C=O) groups is 3. The molecule has 7 heteroatoms. The molecule has 0 spiro atoms. The molecule has 2 atom stereocenters. The molecule has 3 fully saturated rings. The molecule has 2 N–H and O–H groups in total. The second kappa shape index (κ2) is 6.82. The molecule has 4 aliphatic rings. The molecule has 32 heavy (non-hydrogen) atoms. The van der Waals surface area contributed by atoms with Gasteiger partial charge in [0.1, 0.15) is 12.1 Å². The number of benzene rings is 2. The predicted molar refractivity (Wildman–Crippen MR) is 115 cm³/mol. The second-order valence-corrected chi connectivity index (χ2v) is 9.43. The number of ether oxygens (including phenoxy) is 1. The molecule has 3 aliphatic carbocycles. The zero-order chi connectivity index (χ0) is 22.0. The number of alkyl carbamates (subject to hydrolysis) is 1. The number of amides is 2. The van der Waals surface area contributed by atoms with Crippen molar-refractivity contribution >= 4 is 18.0 Å². The van der Waals surface area contributed by atoms with Gasteiger partial charge >= 0.3 is 12.1 Å². The summed E-state index contributed by atoms with van der Waals surface area (Å²) in [5.74, 6) is -1.11. The van der Waals surface area contributed by atoms with E-state index < -0.39 is 17.6 Å². The van der Waals surface area contributed by atoms with Gasteiger partial charge in [-0.25, -0.2) is 4.79 Å². The van der Waals surface area contributed by atoms with E-state index in [1.807, 2.05) is 24.3 Å². The molecule has 0 bridgehead atoms. The van der Waals surface area contributed by atoms with Crippen LogP contribution in [0.2, 0.25) is 0 Å². The number of rotatable bonds is 5. The first-order chi connectivity index (χ1) is 15.5. The zero-order valence-corrected chi connectivity index (χ0v) is 17.5. The lowest BCUT2D eigenvalue weighted by atomic mass is 9.98. The van der Waals surface area contributed by atoms with E-state index in [1.165, 1.54) is 11.1 Å². The molecule has 0 radical (unpaired) electrons. The Morgan fingerprint density at radius 2 is 1.53 bits per heavy atom. The number of carboxylic acids is 1. The molecule has 2 unspecified atom stereocenters. The van der Waals surface area contributed by atoms with Crippen LogP contribution in [0.25, 0.3) is 11.1 Å². The Morgan fingerprint density at radius 1 is 0.969 bits per heavy atom. The van der Waals surface area contributed by atoms with Crippen LogP contribution in [0.3, 0.4) is 0 Å². The minimum atomic E-state index is -0.891. The van der Waals surface area contributed by atoms with E-state index in [-0.39, 0.29) is 36.2 Å². The lowest BCUT2D eigenvalue weighted by molar-refractivity contribution is -0.141. The summed E-state index contributed by atoms with van der Waals surface area (Å²) in [7, 11) is 0. The Bertz CT molecular complexity index is 1080. The molecule has 1 heterocycles. The summed E-state index contributed by atoms with van der Waals surface area (Å²) in [5.41, 5.74) is 3.72. The largest absolute Gasteiger partial charge is 0.481 e. The van der Waals surface area contributed by atoms with Crippen molar-refractivity contribution < 1.29 is 24.2 Å². The third-order valence-corrected chi connectivity index (χ3v) is 7.61. The standard InChI is InChI=1S/C25H24N2O5/c28-22(29)21-18-11-27(12-19(18)21)23(30)25(9-10-25)26-24(31)32-13-20-16-7-3-1-5-14(16)15-6-2-4-8-17(15)20/h1-8,18-21H,9-13H2,(H,26,31)(H,28,29). The van der Waals surface area contributed by atoms with E-state index in [0.29, 0.717) is 25.9 Å². The normalized spacial score (nSPS) is 26.0. The maximum absolute atomic E-state index is 13.0. The van der Waals surface area contributed by atoms with Crippen LogP contribution in [0.1, 0.15) is 29.9 Å². The van der Waals surface area contributed by atoms with Crippen molar-refractivity contribution in [2.45, 2.75) is 24.3 Å². The molecule has 164 valence electrons. The van der Waals surface area contributed by atoms with Crippen molar-refractivity contribution in [3.63, 3.8) is 0 Å². The Labute approximate surface area is 185 Å². The number of fused-ring (bicyclic) bond motifs is 4. The summed E-state index contributed by atoms with van der Waals surface area (Å²) in [6.07, 6.45) is 0.597. The summed E-state index contributed by atoms with van der Waals surface area (Å²) < 4.78 is 5.61. The van der Waals surface area contributed by atoms with Gasteiger partial charge in [-0.2, -0.15) is 0 Å². The van der Waals surface area contributed by atoms with E-state index in [9.17, 15) is 14.4 Å². The highest BCUT2D eigenvalue weighted by Crippen LogP contribution is 2.53. The van der Waals surface area contributed by atoms with E-state index >= 15 is 0 Å². The minimum absolute atomic E-state index is 0.0300. The second-order valence-electron chi connectivity index (χ2n) is 9.43. The molecule has 0 aromatic heterocycles. The molecular formula is C25H24N2O5. The molecule has 7 nitrogen and oxygen atoms in total. The van der Waals surface area contributed by atoms with Crippen LogP contribution in [0.4, 0.5) is 4.79 Å². The summed E-state index contributed by atoms with van der Waals surface area (Å²) in [4.78, 5) is 38.5. The van der Waals surface area contributed by atoms with Gasteiger partial charge in [0.25, 0.3) is 0 Å². The van der Waals surface area contributed by atoms with Gasteiger partial charge in [0.15, 0.2) is 0 Å². The fourth-order valence-electron chi connectivity index (χ4n) is 5.71. The number of hydrogen-bond acceptors (Lipinski definition) is 4. The molecule has 1 saturated heterocycles. The molecular weight excluding hydrogens is 408 g/mol. The maximum atomic E-state index is 13.0. The van der Waals surface area contributed by atoms with E-state index in [0.717, 1.165) is 11.1 Å². The Balaban J connectivity index is 1.09. The Hall–Kier alpha value is -3.35. The van der Waals surface area contributed by atoms with Gasteiger partial charge in [0, 0.05) is 19.0 Å². The molecule has 1 aliphatic heterocycles. The van der Waals surface area contributed by atoms with Gasteiger partial charge in [-0.05, 0) is 46.9 Å².